The molecule has 0 radical (unpaired) electrons. The van der Waals surface area contributed by atoms with E-state index in [1.54, 1.807) is 6.08 Å². The number of ketones is 2. The molecule has 0 bridgehead atoms. The minimum atomic E-state index is -0.420. The average Bonchev–Trinajstić information content (AvgIpc) is 2.94. The smallest absolute Gasteiger partial charge is 0.178 e. The van der Waals surface area contributed by atoms with Crippen LogP contribution in [0.3, 0.4) is 0 Å². The highest BCUT2D eigenvalue weighted by Crippen LogP contribution is 2.70. The van der Waals surface area contributed by atoms with Gasteiger partial charge in [-0.1, -0.05) is 39.3 Å². The molecule has 4 aliphatic carbocycles. The third-order valence-electron chi connectivity index (χ3n) is 9.32. The minimum absolute atomic E-state index is 0.0791. The monoisotopic (exact) mass is 370 g/mol. The van der Waals surface area contributed by atoms with Crippen LogP contribution in [0.1, 0.15) is 72.6 Å². The maximum Gasteiger partial charge on any atom is 0.178 e. The lowest BCUT2D eigenvalue weighted by atomic mass is 9.44. The van der Waals surface area contributed by atoms with Gasteiger partial charge in [-0.15, -0.1) is 0 Å². The standard InChI is InChI=1S/C24H34O3/c1-5-20(27)24(6-2)12-10-18-17-8-7-15-13-16(25)9-11-22(15,3)21(17)19(26)14-23(18,24)4/h9,11,13,17-19,21,26H,5-8,10,12,14H2,1-4H3/t17?,18-,19-,21+,22-,23-,24+/m0/s1. The fourth-order valence-electron chi connectivity index (χ4n) is 8.02. The van der Waals surface area contributed by atoms with Crippen molar-refractivity contribution in [3.8, 4) is 0 Å². The highest BCUT2D eigenvalue weighted by atomic mass is 16.3. The molecule has 3 saturated carbocycles. The van der Waals surface area contributed by atoms with E-state index >= 15 is 0 Å². The first-order valence-corrected chi connectivity index (χ1v) is 10.9. The molecule has 0 aliphatic heterocycles. The maximum atomic E-state index is 13.1. The van der Waals surface area contributed by atoms with Gasteiger partial charge < -0.3 is 5.11 Å². The van der Waals surface area contributed by atoms with E-state index in [0.717, 1.165) is 32.1 Å². The third-order valence-corrected chi connectivity index (χ3v) is 9.32. The van der Waals surface area contributed by atoms with Crippen molar-refractivity contribution in [2.75, 3.05) is 0 Å². The molecule has 3 heteroatoms. The van der Waals surface area contributed by atoms with Crippen LogP contribution >= 0.6 is 0 Å². The zero-order chi connectivity index (χ0) is 19.6. The van der Waals surface area contributed by atoms with Crippen LogP contribution in [0.25, 0.3) is 0 Å². The molecule has 0 amide bonds. The molecule has 27 heavy (non-hydrogen) atoms. The number of carbonyl (C=O) groups is 2. The average molecular weight is 371 g/mol. The molecule has 148 valence electrons. The van der Waals surface area contributed by atoms with Crippen LogP contribution in [-0.4, -0.2) is 22.8 Å². The maximum absolute atomic E-state index is 13.1. The van der Waals surface area contributed by atoms with E-state index in [9.17, 15) is 14.7 Å². The molecule has 0 aromatic rings. The molecule has 0 aromatic carbocycles. The second kappa shape index (κ2) is 6.14. The number of hydrogen-bond acceptors (Lipinski definition) is 3. The summed E-state index contributed by atoms with van der Waals surface area (Å²) in [6, 6.07) is 0. The van der Waals surface area contributed by atoms with Crippen molar-refractivity contribution in [2.24, 2.45) is 34.0 Å². The Morgan fingerprint density at radius 2 is 2.00 bits per heavy atom. The van der Waals surface area contributed by atoms with Crippen LogP contribution in [0.4, 0.5) is 0 Å². The van der Waals surface area contributed by atoms with Crippen molar-refractivity contribution < 1.29 is 14.7 Å². The molecular weight excluding hydrogens is 336 g/mol. The predicted molar refractivity (Wildman–Crippen MR) is 106 cm³/mol. The number of Topliss-reactive ketones (excluding diaryl/α,β-unsaturated/α-hetero) is 1. The van der Waals surface area contributed by atoms with Crippen molar-refractivity contribution in [2.45, 2.75) is 78.7 Å². The Balaban J connectivity index is 1.76. The van der Waals surface area contributed by atoms with Gasteiger partial charge in [-0.05, 0) is 67.9 Å². The topological polar surface area (TPSA) is 54.4 Å². The zero-order valence-corrected chi connectivity index (χ0v) is 17.3. The number of aliphatic hydroxyl groups excluding tert-OH is 1. The molecule has 7 atom stereocenters. The molecule has 4 aliphatic rings. The fourth-order valence-corrected chi connectivity index (χ4v) is 8.02. The van der Waals surface area contributed by atoms with Gasteiger partial charge in [-0.25, -0.2) is 0 Å². The number of hydrogen-bond donors (Lipinski definition) is 1. The van der Waals surface area contributed by atoms with Crippen LogP contribution in [-0.2, 0) is 9.59 Å². The van der Waals surface area contributed by atoms with Gasteiger partial charge in [0.05, 0.1) is 6.10 Å². The lowest BCUT2D eigenvalue weighted by Crippen LogP contribution is -2.58. The first-order chi connectivity index (χ1) is 12.7. The van der Waals surface area contributed by atoms with Crippen molar-refractivity contribution in [1.82, 2.24) is 0 Å². The number of fused-ring (bicyclic) bond motifs is 5. The summed E-state index contributed by atoms with van der Waals surface area (Å²) in [5.74, 6) is 1.55. The zero-order valence-electron chi connectivity index (χ0n) is 17.3. The first-order valence-electron chi connectivity index (χ1n) is 10.9. The first kappa shape index (κ1) is 19.1. The molecule has 0 saturated heterocycles. The highest BCUT2D eigenvalue weighted by molar-refractivity contribution is 6.01. The molecule has 0 heterocycles. The van der Waals surface area contributed by atoms with Gasteiger partial charge in [0.25, 0.3) is 0 Å². The van der Waals surface area contributed by atoms with E-state index in [4.69, 9.17) is 0 Å². The number of rotatable bonds is 3. The summed E-state index contributed by atoms with van der Waals surface area (Å²) in [4.78, 5) is 25.0. The summed E-state index contributed by atoms with van der Waals surface area (Å²) in [6.45, 7) is 8.66. The van der Waals surface area contributed by atoms with Crippen LogP contribution in [0.2, 0.25) is 0 Å². The molecule has 3 nitrogen and oxygen atoms in total. The van der Waals surface area contributed by atoms with Crippen molar-refractivity contribution in [3.05, 3.63) is 23.8 Å². The predicted octanol–water partition coefficient (Wildman–Crippen LogP) is 4.64. The summed E-state index contributed by atoms with van der Waals surface area (Å²) < 4.78 is 0. The SMILES string of the molecule is CCC(=O)[C@@]1(CC)CC[C@H]2C3CCC4=CC(=O)C=C[C@]4(C)[C@H]3[C@@H](O)C[C@@]21C. The Kier molecular flexibility index (Phi) is 4.34. The molecule has 4 rings (SSSR count). The van der Waals surface area contributed by atoms with Crippen molar-refractivity contribution >= 4 is 11.6 Å². The lowest BCUT2D eigenvalue weighted by molar-refractivity contribution is -0.156. The molecule has 3 fully saturated rings. The summed E-state index contributed by atoms with van der Waals surface area (Å²) in [6.07, 6.45) is 11.4. The van der Waals surface area contributed by atoms with Crippen molar-refractivity contribution in [1.29, 1.82) is 0 Å². The largest absolute Gasteiger partial charge is 0.393 e. The molecular formula is C24H34O3. The van der Waals surface area contributed by atoms with Crippen LogP contribution < -0.4 is 0 Å². The summed E-state index contributed by atoms with van der Waals surface area (Å²) in [7, 11) is 0. The Morgan fingerprint density at radius 3 is 2.67 bits per heavy atom. The van der Waals surface area contributed by atoms with Gasteiger partial charge in [-0.2, -0.15) is 0 Å². The van der Waals surface area contributed by atoms with E-state index in [0.29, 0.717) is 30.5 Å². The normalized spacial score (nSPS) is 48.5. The van der Waals surface area contributed by atoms with Crippen LogP contribution in [0.5, 0.6) is 0 Å². The van der Waals surface area contributed by atoms with E-state index in [2.05, 4.69) is 26.8 Å². The van der Waals surface area contributed by atoms with Gasteiger partial charge in [-0.3, -0.25) is 9.59 Å². The Bertz CT molecular complexity index is 734. The van der Waals surface area contributed by atoms with Gasteiger partial charge in [0.1, 0.15) is 5.78 Å². The molecule has 1 unspecified atom stereocenters. The number of aliphatic hydroxyl groups is 1. The van der Waals surface area contributed by atoms with E-state index in [-0.39, 0.29) is 27.9 Å². The molecule has 1 N–H and O–H groups in total. The third kappa shape index (κ3) is 2.30. The van der Waals surface area contributed by atoms with Crippen LogP contribution in [0, 0.1) is 34.0 Å². The highest BCUT2D eigenvalue weighted by Gasteiger charge is 2.67. The van der Waals surface area contributed by atoms with Gasteiger partial charge in [0, 0.05) is 23.2 Å². The Morgan fingerprint density at radius 1 is 1.26 bits per heavy atom. The molecule has 0 aromatic heterocycles. The molecule has 0 spiro atoms. The fraction of sp³-hybridized carbons (Fsp3) is 0.750. The van der Waals surface area contributed by atoms with Gasteiger partial charge >= 0.3 is 0 Å². The lowest BCUT2D eigenvalue weighted by Gasteiger charge is -2.60. The second-order valence-corrected chi connectivity index (χ2v) is 9.96. The van der Waals surface area contributed by atoms with Crippen molar-refractivity contribution in [3.63, 3.8) is 0 Å². The number of carbonyl (C=O) groups excluding carboxylic acids is 2. The Labute approximate surface area is 163 Å². The minimum Gasteiger partial charge on any atom is -0.393 e. The Hall–Kier alpha value is -1.22. The summed E-state index contributed by atoms with van der Waals surface area (Å²) in [5, 5.41) is 11.4. The van der Waals surface area contributed by atoms with E-state index in [1.165, 1.54) is 5.57 Å². The summed E-state index contributed by atoms with van der Waals surface area (Å²) >= 11 is 0. The van der Waals surface area contributed by atoms with E-state index < -0.39 is 6.10 Å². The second-order valence-electron chi connectivity index (χ2n) is 9.96. The quantitative estimate of drug-likeness (QED) is 0.787. The van der Waals surface area contributed by atoms with E-state index in [1.807, 2.05) is 13.0 Å². The number of allylic oxidation sites excluding steroid dienone is 4. The van der Waals surface area contributed by atoms with Gasteiger partial charge in [0.15, 0.2) is 5.78 Å². The van der Waals surface area contributed by atoms with Crippen LogP contribution in [0.15, 0.2) is 23.8 Å². The summed E-state index contributed by atoms with van der Waals surface area (Å²) in [5.41, 5.74) is 0.599. The van der Waals surface area contributed by atoms with Gasteiger partial charge in [0.2, 0.25) is 0 Å².